The molecular formula is C20H23BrF3N5O2S. The Kier molecular flexibility index (Phi) is 8.10. The molecule has 174 valence electrons. The van der Waals surface area contributed by atoms with Crippen molar-refractivity contribution in [3.8, 4) is 10.6 Å². The van der Waals surface area contributed by atoms with Crippen LogP contribution in [0.15, 0.2) is 16.7 Å². The Bertz CT molecular complexity index is 977. The van der Waals surface area contributed by atoms with Gasteiger partial charge in [0.25, 0.3) is 0 Å². The predicted molar refractivity (Wildman–Crippen MR) is 119 cm³/mol. The third-order valence-corrected chi connectivity index (χ3v) is 6.64. The normalized spacial score (nSPS) is 14.8. The highest BCUT2D eigenvalue weighted by Crippen LogP contribution is 2.40. The molecule has 3 rings (SSSR count). The molecule has 0 bridgehead atoms. The number of rotatable bonds is 6. The van der Waals surface area contributed by atoms with Gasteiger partial charge in [0.1, 0.15) is 10.8 Å². The van der Waals surface area contributed by atoms with Crippen molar-refractivity contribution in [2.24, 2.45) is 0 Å². The summed E-state index contributed by atoms with van der Waals surface area (Å²) < 4.78 is 41.4. The maximum absolute atomic E-state index is 13.6. The van der Waals surface area contributed by atoms with Crippen molar-refractivity contribution in [2.75, 3.05) is 11.9 Å². The topological polar surface area (TPSA) is 96.0 Å². The Morgan fingerprint density at radius 2 is 1.97 bits per heavy atom. The number of pyridine rings is 1. The first kappa shape index (κ1) is 24.4. The molecule has 1 aliphatic rings. The zero-order valence-corrected chi connectivity index (χ0v) is 19.7. The maximum Gasteiger partial charge on any atom is 0.434 e. The van der Waals surface area contributed by atoms with E-state index in [1.54, 1.807) is 6.92 Å². The van der Waals surface area contributed by atoms with E-state index in [-0.39, 0.29) is 21.7 Å². The Labute approximate surface area is 195 Å². The van der Waals surface area contributed by atoms with Crippen LogP contribution in [0.25, 0.3) is 10.6 Å². The standard InChI is InChI=1S/C20H23BrF3N5O2S/c1-2-25-19(31)28-15-8-12(13(21)10-26-15)18-29-17(20(22,23)24)14(32-18)9-16(30)27-11-6-4-3-5-7-11/h8,10-11H,2-7,9H2,1H3,(H,27,30)(H2,25,26,28,31). The Morgan fingerprint density at radius 1 is 1.25 bits per heavy atom. The highest BCUT2D eigenvalue weighted by molar-refractivity contribution is 9.10. The number of hydrogen-bond donors (Lipinski definition) is 3. The molecule has 3 amide bonds. The van der Waals surface area contributed by atoms with Crippen LogP contribution in [0.3, 0.4) is 0 Å². The minimum atomic E-state index is -4.70. The molecule has 1 fully saturated rings. The summed E-state index contributed by atoms with van der Waals surface area (Å²) in [5.74, 6) is -0.278. The zero-order chi connectivity index (χ0) is 23.3. The smallest absolute Gasteiger partial charge is 0.353 e. The number of urea groups is 1. The second kappa shape index (κ2) is 10.6. The molecule has 0 radical (unpaired) electrons. The molecule has 0 aromatic carbocycles. The van der Waals surface area contributed by atoms with Crippen molar-refractivity contribution >= 4 is 45.0 Å². The van der Waals surface area contributed by atoms with E-state index in [0.29, 0.717) is 16.6 Å². The highest BCUT2D eigenvalue weighted by Gasteiger charge is 2.38. The van der Waals surface area contributed by atoms with E-state index in [4.69, 9.17) is 0 Å². The van der Waals surface area contributed by atoms with E-state index >= 15 is 0 Å². The van der Waals surface area contributed by atoms with Crippen LogP contribution in [-0.2, 0) is 17.4 Å². The summed E-state index contributed by atoms with van der Waals surface area (Å²) in [5, 5.41) is 7.99. The number of nitrogens with zero attached hydrogens (tertiary/aromatic N) is 2. The lowest BCUT2D eigenvalue weighted by atomic mass is 9.95. The summed E-state index contributed by atoms with van der Waals surface area (Å²) >= 11 is 4.08. The number of nitrogens with one attached hydrogen (secondary N) is 3. The van der Waals surface area contributed by atoms with Gasteiger partial charge in [-0.2, -0.15) is 13.2 Å². The van der Waals surface area contributed by atoms with Gasteiger partial charge in [0.15, 0.2) is 5.69 Å². The number of carbonyl (C=O) groups is 2. The van der Waals surface area contributed by atoms with Gasteiger partial charge in [-0.15, -0.1) is 11.3 Å². The quantitative estimate of drug-likeness (QED) is 0.480. The van der Waals surface area contributed by atoms with Crippen LogP contribution >= 0.6 is 27.3 Å². The number of hydrogen-bond acceptors (Lipinski definition) is 5. The van der Waals surface area contributed by atoms with Crippen LogP contribution in [0.4, 0.5) is 23.8 Å². The molecule has 0 unspecified atom stereocenters. The Balaban J connectivity index is 1.85. The lowest BCUT2D eigenvalue weighted by Crippen LogP contribution is -2.37. The second-order valence-electron chi connectivity index (χ2n) is 7.40. The number of thiazole rings is 1. The Hall–Kier alpha value is -2.21. The molecule has 12 heteroatoms. The van der Waals surface area contributed by atoms with Crippen molar-refractivity contribution in [1.82, 2.24) is 20.6 Å². The van der Waals surface area contributed by atoms with Gasteiger partial charge in [-0.1, -0.05) is 19.3 Å². The minimum absolute atomic E-state index is 0.00946. The summed E-state index contributed by atoms with van der Waals surface area (Å²) in [4.78, 5) is 31.9. The summed E-state index contributed by atoms with van der Waals surface area (Å²) in [6.45, 7) is 2.16. The molecule has 3 N–H and O–H groups in total. The summed E-state index contributed by atoms with van der Waals surface area (Å²) in [6, 6.07) is 0.961. The molecule has 0 saturated heterocycles. The van der Waals surface area contributed by atoms with Crippen LogP contribution < -0.4 is 16.0 Å². The van der Waals surface area contributed by atoms with Crippen molar-refractivity contribution in [2.45, 2.75) is 57.7 Å². The largest absolute Gasteiger partial charge is 0.434 e. The molecule has 32 heavy (non-hydrogen) atoms. The Morgan fingerprint density at radius 3 is 2.62 bits per heavy atom. The van der Waals surface area contributed by atoms with Gasteiger partial charge in [-0.25, -0.2) is 14.8 Å². The fraction of sp³-hybridized carbons (Fsp3) is 0.500. The maximum atomic E-state index is 13.6. The number of halogens is 4. The van der Waals surface area contributed by atoms with E-state index in [2.05, 4.69) is 41.8 Å². The fourth-order valence-corrected chi connectivity index (χ4v) is 5.12. The van der Waals surface area contributed by atoms with Crippen molar-refractivity contribution in [1.29, 1.82) is 0 Å². The van der Waals surface area contributed by atoms with E-state index in [9.17, 15) is 22.8 Å². The van der Waals surface area contributed by atoms with Gasteiger partial charge in [0.2, 0.25) is 5.91 Å². The third kappa shape index (κ3) is 6.41. The minimum Gasteiger partial charge on any atom is -0.353 e. The first-order valence-electron chi connectivity index (χ1n) is 10.2. The second-order valence-corrected chi connectivity index (χ2v) is 9.34. The predicted octanol–water partition coefficient (Wildman–Crippen LogP) is 5.12. The summed E-state index contributed by atoms with van der Waals surface area (Å²) in [7, 11) is 0. The number of amides is 3. The van der Waals surface area contributed by atoms with Crippen molar-refractivity contribution in [3.05, 3.63) is 27.3 Å². The third-order valence-electron chi connectivity index (χ3n) is 4.92. The van der Waals surface area contributed by atoms with Gasteiger partial charge in [-0.3, -0.25) is 10.1 Å². The van der Waals surface area contributed by atoms with E-state index in [0.717, 1.165) is 43.4 Å². The van der Waals surface area contributed by atoms with Gasteiger partial charge in [0.05, 0.1) is 6.42 Å². The molecule has 0 atom stereocenters. The van der Waals surface area contributed by atoms with Gasteiger partial charge in [0, 0.05) is 33.7 Å². The molecule has 2 heterocycles. The monoisotopic (exact) mass is 533 g/mol. The summed E-state index contributed by atoms with van der Waals surface area (Å²) in [6.07, 6.45) is 1.10. The lowest BCUT2D eigenvalue weighted by molar-refractivity contribution is -0.141. The molecule has 1 saturated carbocycles. The van der Waals surface area contributed by atoms with Gasteiger partial charge < -0.3 is 10.6 Å². The number of alkyl halides is 3. The van der Waals surface area contributed by atoms with Crippen LogP contribution in [0.1, 0.15) is 49.6 Å². The van der Waals surface area contributed by atoms with Gasteiger partial charge >= 0.3 is 12.2 Å². The molecular weight excluding hydrogens is 511 g/mol. The van der Waals surface area contributed by atoms with Crippen LogP contribution in [0, 0.1) is 0 Å². The number of aromatic nitrogens is 2. The lowest BCUT2D eigenvalue weighted by Gasteiger charge is -2.22. The van der Waals surface area contributed by atoms with Crippen molar-refractivity contribution in [3.63, 3.8) is 0 Å². The number of carbonyl (C=O) groups excluding carboxylic acids is 2. The molecule has 2 aromatic heterocycles. The fourth-order valence-electron chi connectivity index (χ4n) is 3.47. The SMILES string of the molecule is CCNC(=O)Nc1cc(-c2nc(C(F)(F)F)c(CC(=O)NC3CCCCC3)s2)c(Br)cn1. The first-order valence-corrected chi connectivity index (χ1v) is 11.8. The van der Waals surface area contributed by atoms with E-state index < -0.39 is 30.2 Å². The van der Waals surface area contributed by atoms with E-state index in [1.165, 1.54) is 12.3 Å². The highest BCUT2D eigenvalue weighted by atomic mass is 79.9. The molecule has 0 spiro atoms. The zero-order valence-electron chi connectivity index (χ0n) is 17.3. The molecule has 2 aromatic rings. The average molecular weight is 534 g/mol. The van der Waals surface area contributed by atoms with Gasteiger partial charge in [-0.05, 0) is 41.8 Å². The van der Waals surface area contributed by atoms with Crippen LogP contribution in [-0.4, -0.2) is 34.5 Å². The molecule has 7 nitrogen and oxygen atoms in total. The van der Waals surface area contributed by atoms with Crippen molar-refractivity contribution < 1.29 is 22.8 Å². The average Bonchev–Trinajstić information content (AvgIpc) is 3.14. The number of anilines is 1. The van der Waals surface area contributed by atoms with Crippen LogP contribution in [0.2, 0.25) is 0 Å². The molecule has 1 aliphatic carbocycles. The first-order chi connectivity index (χ1) is 15.2. The van der Waals surface area contributed by atoms with Crippen LogP contribution in [0.5, 0.6) is 0 Å². The molecule has 0 aliphatic heterocycles. The van der Waals surface area contributed by atoms with E-state index in [1.807, 2.05) is 0 Å². The summed E-state index contributed by atoms with van der Waals surface area (Å²) in [5.41, 5.74) is -0.737.